The molecule has 0 bridgehead atoms. The van der Waals surface area contributed by atoms with Crippen molar-refractivity contribution in [3.63, 3.8) is 0 Å². The van der Waals surface area contributed by atoms with Crippen molar-refractivity contribution in [3.8, 4) is 34.1 Å². The molecule has 1 amide bonds. The lowest BCUT2D eigenvalue weighted by Crippen LogP contribution is -2.36. The number of halogens is 3. The van der Waals surface area contributed by atoms with E-state index in [2.05, 4.69) is 16.4 Å². The molecule has 2 heterocycles. The number of nitriles is 1. The maximum absolute atomic E-state index is 12.9. The number of hydrogen-bond acceptors (Lipinski definition) is 4. The Kier molecular flexibility index (Phi) is 6.59. The molecule has 0 atom stereocenters. The van der Waals surface area contributed by atoms with Gasteiger partial charge in [0, 0.05) is 18.7 Å². The van der Waals surface area contributed by atoms with Crippen molar-refractivity contribution in [1.82, 2.24) is 19.9 Å². The molecule has 1 saturated heterocycles. The van der Waals surface area contributed by atoms with Gasteiger partial charge in [0.1, 0.15) is 5.69 Å². The number of benzene rings is 3. The number of hydrogen-bond donors (Lipinski definition) is 1. The van der Waals surface area contributed by atoms with Crippen molar-refractivity contribution in [2.45, 2.75) is 24.9 Å². The Morgan fingerprint density at radius 3 is 2.21 bits per heavy atom. The zero-order valence-electron chi connectivity index (χ0n) is 20.1. The second-order valence-electron chi connectivity index (χ2n) is 9.17. The van der Waals surface area contributed by atoms with E-state index < -0.39 is 17.8 Å². The van der Waals surface area contributed by atoms with Crippen LogP contribution in [0.1, 0.15) is 35.4 Å². The van der Waals surface area contributed by atoms with Gasteiger partial charge >= 0.3 is 12.3 Å². The fourth-order valence-corrected chi connectivity index (χ4v) is 4.68. The summed E-state index contributed by atoms with van der Waals surface area (Å²) < 4.78 is 40.1. The van der Waals surface area contributed by atoms with Gasteiger partial charge in [0.15, 0.2) is 0 Å². The van der Waals surface area contributed by atoms with Crippen molar-refractivity contribution < 1.29 is 23.1 Å². The van der Waals surface area contributed by atoms with Crippen LogP contribution >= 0.6 is 0 Å². The standard InChI is InChI=1S/C28H22F3N5O2/c29-28(30,31)24-7-5-22(6-8-24)26-17-36(34-33-26)25-14-18(16-32)13-23(15-25)20-3-1-19(2-4-20)21-9-11-35(12-10-21)27(37)38/h1-8,13-15,17,21H,9-12H2,(H,37,38). The number of carboxylic acid groups (broad SMARTS) is 1. The van der Waals surface area contributed by atoms with Gasteiger partial charge in [-0.2, -0.15) is 18.4 Å². The van der Waals surface area contributed by atoms with Gasteiger partial charge in [0.2, 0.25) is 0 Å². The minimum Gasteiger partial charge on any atom is -0.465 e. The van der Waals surface area contributed by atoms with Crippen molar-refractivity contribution in [3.05, 3.63) is 89.6 Å². The Bertz CT molecular complexity index is 1500. The van der Waals surface area contributed by atoms with Gasteiger partial charge in [-0.25, -0.2) is 9.48 Å². The quantitative estimate of drug-likeness (QED) is 0.340. The average Bonchev–Trinajstić information content (AvgIpc) is 3.43. The Balaban J connectivity index is 1.38. The first-order valence-corrected chi connectivity index (χ1v) is 11.9. The van der Waals surface area contributed by atoms with E-state index in [0.29, 0.717) is 41.5 Å². The molecule has 10 heteroatoms. The molecule has 0 aliphatic carbocycles. The van der Waals surface area contributed by atoms with Crippen LogP contribution in [-0.4, -0.2) is 44.2 Å². The fourth-order valence-electron chi connectivity index (χ4n) is 4.68. The molecule has 1 aliphatic heterocycles. The van der Waals surface area contributed by atoms with Gasteiger partial charge in [-0.15, -0.1) is 5.10 Å². The van der Waals surface area contributed by atoms with Crippen LogP contribution in [0.2, 0.25) is 0 Å². The molecular weight excluding hydrogens is 495 g/mol. The summed E-state index contributed by atoms with van der Waals surface area (Å²) in [6.07, 6.45) is -2.15. The maximum atomic E-state index is 12.9. The van der Waals surface area contributed by atoms with Crippen molar-refractivity contribution in [2.75, 3.05) is 13.1 Å². The highest BCUT2D eigenvalue weighted by atomic mass is 19.4. The van der Waals surface area contributed by atoms with Crippen LogP contribution in [0, 0.1) is 11.3 Å². The first-order valence-electron chi connectivity index (χ1n) is 11.9. The Morgan fingerprint density at radius 1 is 0.947 bits per heavy atom. The highest BCUT2D eigenvalue weighted by molar-refractivity contribution is 5.69. The van der Waals surface area contributed by atoms with E-state index in [1.165, 1.54) is 21.7 Å². The van der Waals surface area contributed by atoms with Crippen LogP contribution < -0.4 is 0 Å². The highest BCUT2D eigenvalue weighted by Crippen LogP contribution is 2.32. The summed E-state index contributed by atoms with van der Waals surface area (Å²) in [6, 6.07) is 20.2. The zero-order chi connectivity index (χ0) is 26.9. The predicted molar refractivity (Wildman–Crippen MR) is 134 cm³/mol. The summed E-state index contributed by atoms with van der Waals surface area (Å²) in [5.41, 5.74) is 4.02. The molecule has 1 N–H and O–H groups in total. The zero-order valence-corrected chi connectivity index (χ0v) is 20.1. The number of carbonyl (C=O) groups is 1. The molecule has 0 saturated carbocycles. The molecule has 38 heavy (non-hydrogen) atoms. The molecular formula is C28H22F3N5O2. The molecule has 0 spiro atoms. The molecule has 7 nitrogen and oxygen atoms in total. The van der Waals surface area contributed by atoms with E-state index in [-0.39, 0.29) is 0 Å². The minimum absolute atomic E-state index is 0.291. The smallest absolute Gasteiger partial charge is 0.416 e. The second-order valence-corrected chi connectivity index (χ2v) is 9.17. The first kappa shape index (κ1) is 25.0. The van der Waals surface area contributed by atoms with Gasteiger partial charge in [0.05, 0.1) is 29.1 Å². The lowest BCUT2D eigenvalue weighted by molar-refractivity contribution is -0.137. The third-order valence-corrected chi connectivity index (χ3v) is 6.79. The number of rotatable bonds is 4. The number of nitrogens with zero attached hydrogens (tertiary/aromatic N) is 5. The van der Waals surface area contributed by atoms with Crippen LogP contribution in [-0.2, 0) is 6.18 Å². The van der Waals surface area contributed by atoms with E-state index in [1.54, 1.807) is 18.3 Å². The monoisotopic (exact) mass is 517 g/mol. The van der Waals surface area contributed by atoms with Gasteiger partial charge < -0.3 is 10.0 Å². The average molecular weight is 518 g/mol. The third-order valence-electron chi connectivity index (χ3n) is 6.79. The molecule has 1 fully saturated rings. The summed E-state index contributed by atoms with van der Waals surface area (Å²) in [7, 11) is 0. The first-order chi connectivity index (χ1) is 18.2. The van der Waals surface area contributed by atoms with E-state index in [0.717, 1.165) is 41.7 Å². The molecule has 3 aromatic carbocycles. The Labute approximate surface area is 216 Å². The van der Waals surface area contributed by atoms with Crippen LogP contribution in [0.15, 0.2) is 72.9 Å². The van der Waals surface area contributed by atoms with Crippen LogP contribution in [0.5, 0.6) is 0 Å². The van der Waals surface area contributed by atoms with Crippen molar-refractivity contribution in [2.24, 2.45) is 0 Å². The van der Waals surface area contributed by atoms with Crippen LogP contribution in [0.3, 0.4) is 0 Å². The predicted octanol–water partition coefficient (Wildman–Crippen LogP) is 6.35. The lowest BCUT2D eigenvalue weighted by Gasteiger charge is -2.30. The molecule has 5 rings (SSSR count). The summed E-state index contributed by atoms with van der Waals surface area (Å²) in [5, 5.41) is 27.0. The number of aromatic nitrogens is 3. The van der Waals surface area contributed by atoms with Crippen molar-refractivity contribution in [1.29, 1.82) is 5.26 Å². The fraction of sp³-hybridized carbons (Fsp3) is 0.214. The minimum atomic E-state index is -4.42. The van der Waals surface area contributed by atoms with Gasteiger partial charge in [-0.05, 0) is 65.8 Å². The van der Waals surface area contributed by atoms with Gasteiger partial charge in [-0.3, -0.25) is 0 Å². The van der Waals surface area contributed by atoms with E-state index in [1.807, 2.05) is 30.3 Å². The second kappa shape index (κ2) is 10.0. The van der Waals surface area contributed by atoms with E-state index in [4.69, 9.17) is 5.11 Å². The summed E-state index contributed by atoms with van der Waals surface area (Å²) in [6.45, 7) is 1.03. The van der Waals surface area contributed by atoms with Crippen LogP contribution in [0.25, 0.3) is 28.1 Å². The molecule has 192 valence electrons. The molecule has 1 aromatic heterocycles. The normalized spacial score (nSPS) is 14.3. The van der Waals surface area contributed by atoms with Crippen LogP contribution in [0.4, 0.5) is 18.0 Å². The van der Waals surface area contributed by atoms with E-state index >= 15 is 0 Å². The van der Waals surface area contributed by atoms with Gasteiger partial charge in [0.25, 0.3) is 0 Å². The SMILES string of the molecule is N#Cc1cc(-c2ccc(C3CCN(C(=O)O)CC3)cc2)cc(-n2cc(-c3ccc(C(F)(F)F)cc3)nn2)c1. The largest absolute Gasteiger partial charge is 0.465 e. The third kappa shape index (κ3) is 5.22. The number of amides is 1. The molecule has 4 aromatic rings. The molecule has 1 aliphatic rings. The summed E-state index contributed by atoms with van der Waals surface area (Å²) in [4.78, 5) is 12.6. The summed E-state index contributed by atoms with van der Waals surface area (Å²) >= 11 is 0. The van der Waals surface area contributed by atoms with Crippen molar-refractivity contribution >= 4 is 6.09 Å². The number of likely N-dealkylation sites (tertiary alicyclic amines) is 1. The highest BCUT2D eigenvalue weighted by Gasteiger charge is 2.30. The topological polar surface area (TPSA) is 95.0 Å². The number of alkyl halides is 3. The molecule has 0 unspecified atom stereocenters. The Morgan fingerprint density at radius 2 is 1.61 bits per heavy atom. The maximum Gasteiger partial charge on any atom is 0.416 e. The number of piperidine rings is 1. The van der Waals surface area contributed by atoms with E-state index in [9.17, 15) is 23.2 Å². The molecule has 0 radical (unpaired) electrons. The lowest BCUT2D eigenvalue weighted by atomic mass is 9.88. The van der Waals surface area contributed by atoms with Gasteiger partial charge in [-0.1, -0.05) is 41.6 Å². The summed E-state index contributed by atoms with van der Waals surface area (Å²) in [5.74, 6) is 0.291. The Hall–Kier alpha value is -4.65.